The molecule has 0 spiro atoms. The number of hydrogen-bond acceptors (Lipinski definition) is 1. The molecule has 0 saturated heterocycles. The van der Waals surface area contributed by atoms with Crippen LogP contribution in [0.5, 0.6) is 0 Å². The predicted molar refractivity (Wildman–Crippen MR) is 45.4 cm³/mol. The third-order valence-electron chi connectivity index (χ3n) is 1.33. The van der Waals surface area contributed by atoms with E-state index in [9.17, 15) is 0 Å². The second kappa shape index (κ2) is 3.34. The Morgan fingerprint density at radius 2 is 2.10 bits per heavy atom. The van der Waals surface area contributed by atoms with Crippen LogP contribution in [0.25, 0.3) is 0 Å². The fraction of sp³-hybridized carbons (Fsp3) is 0.111. The Morgan fingerprint density at radius 3 is 2.60 bits per heavy atom. The molecule has 0 atom stereocenters. The van der Waals surface area contributed by atoms with Crippen LogP contribution in [0.2, 0.25) is 0 Å². The molecule has 10 heavy (non-hydrogen) atoms. The van der Waals surface area contributed by atoms with Crippen LogP contribution in [0.3, 0.4) is 0 Å². The van der Waals surface area contributed by atoms with Crippen molar-refractivity contribution in [2.45, 2.75) is 5.75 Å². The van der Waals surface area contributed by atoms with E-state index in [1.54, 1.807) is 0 Å². The van der Waals surface area contributed by atoms with Gasteiger partial charge in [0.15, 0.2) is 0 Å². The highest BCUT2D eigenvalue weighted by molar-refractivity contribution is 7.57. The summed E-state index contributed by atoms with van der Waals surface area (Å²) < 4.78 is 0. The van der Waals surface area contributed by atoms with E-state index < -0.39 is 0 Å². The fourth-order valence-electron chi connectivity index (χ4n) is 0.787. The molecular weight excluding hydrogens is 140 g/mol. The van der Waals surface area contributed by atoms with Gasteiger partial charge in [-0.05, 0) is 6.07 Å². The number of hydrogen-bond donors (Lipinski definition) is 0. The molecule has 0 saturated carbocycles. The van der Waals surface area contributed by atoms with Gasteiger partial charge in [0.05, 0.1) is 0 Å². The number of rotatable bonds is 1. The van der Waals surface area contributed by atoms with E-state index >= 15 is 0 Å². The van der Waals surface area contributed by atoms with Crippen molar-refractivity contribution in [1.82, 2.24) is 0 Å². The lowest BCUT2D eigenvalue weighted by Crippen LogP contribution is -1.85. The number of benzene rings is 1. The maximum Gasteiger partial charge on any atom is 0.0255 e. The summed E-state index contributed by atoms with van der Waals surface area (Å²) in [5, 5.41) is 0. The first-order valence-corrected chi connectivity index (χ1v) is 3.59. The van der Waals surface area contributed by atoms with Gasteiger partial charge in [-0.1, -0.05) is 29.7 Å². The summed E-state index contributed by atoms with van der Waals surface area (Å²) in [5.74, 6) is 3.18. The van der Waals surface area contributed by atoms with Crippen LogP contribution in [-0.4, -0.2) is 0 Å². The highest BCUT2D eigenvalue weighted by atomic mass is 32.1. The lowest BCUT2D eigenvalue weighted by molar-refractivity contribution is 1.40. The zero-order valence-corrected chi connectivity index (χ0v) is 6.32. The van der Waals surface area contributed by atoms with Crippen LogP contribution < -0.4 is 0 Å². The van der Waals surface area contributed by atoms with Crippen molar-refractivity contribution in [3.05, 3.63) is 35.4 Å². The minimum absolute atomic E-state index is 0.598. The first-order valence-electron chi connectivity index (χ1n) is 3.01. The van der Waals surface area contributed by atoms with Crippen molar-refractivity contribution in [3.8, 4) is 12.3 Å². The minimum Gasteiger partial charge on any atom is -0.788 e. The average molecular weight is 147 g/mol. The molecule has 1 rings (SSSR count). The van der Waals surface area contributed by atoms with Crippen molar-refractivity contribution in [2.24, 2.45) is 0 Å². The lowest BCUT2D eigenvalue weighted by atomic mass is 10.1. The highest BCUT2D eigenvalue weighted by Crippen LogP contribution is 2.06. The van der Waals surface area contributed by atoms with Crippen LogP contribution in [0, 0.1) is 12.3 Å². The third-order valence-corrected chi connectivity index (χ3v) is 1.64. The monoisotopic (exact) mass is 147 g/mol. The van der Waals surface area contributed by atoms with Crippen LogP contribution in [0.1, 0.15) is 11.1 Å². The van der Waals surface area contributed by atoms with Gasteiger partial charge in [-0.2, -0.15) is 0 Å². The molecule has 0 fully saturated rings. The summed E-state index contributed by atoms with van der Waals surface area (Å²) in [6, 6.07) is 7.73. The Bertz CT molecular complexity index is 258. The Hall–Kier alpha value is -0.870. The highest BCUT2D eigenvalue weighted by Gasteiger charge is 1.89. The molecule has 0 nitrogen and oxygen atoms in total. The molecule has 0 unspecified atom stereocenters. The SMILES string of the molecule is C#Cc1ccccc1C[S-]. The summed E-state index contributed by atoms with van der Waals surface area (Å²) in [6.07, 6.45) is 5.23. The van der Waals surface area contributed by atoms with Crippen molar-refractivity contribution in [1.29, 1.82) is 0 Å². The minimum atomic E-state index is 0.598. The van der Waals surface area contributed by atoms with E-state index in [1.807, 2.05) is 24.3 Å². The molecule has 0 aliphatic heterocycles. The van der Waals surface area contributed by atoms with Crippen molar-refractivity contribution < 1.29 is 0 Å². The first kappa shape index (κ1) is 7.24. The first-order chi connectivity index (χ1) is 4.88. The molecule has 0 aliphatic carbocycles. The zero-order chi connectivity index (χ0) is 7.40. The van der Waals surface area contributed by atoms with Gasteiger partial charge in [0, 0.05) is 5.56 Å². The van der Waals surface area contributed by atoms with Gasteiger partial charge >= 0.3 is 0 Å². The van der Waals surface area contributed by atoms with Crippen LogP contribution >= 0.6 is 0 Å². The van der Waals surface area contributed by atoms with Crippen LogP contribution in [0.4, 0.5) is 0 Å². The summed E-state index contributed by atoms with van der Waals surface area (Å²) in [7, 11) is 0. The van der Waals surface area contributed by atoms with Crippen molar-refractivity contribution in [3.63, 3.8) is 0 Å². The predicted octanol–water partition coefficient (Wildman–Crippen LogP) is 1.71. The van der Waals surface area contributed by atoms with E-state index in [2.05, 4.69) is 5.92 Å². The molecule has 1 heteroatoms. The smallest absolute Gasteiger partial charge is 0.0255 e. The van der Waals surface area contributed by atoms with Crippen LogP contribution in [-0.2, 0) is 18.4 Å². The van der Waals surface area contributed by atoms with E-state index in [0.717, 1.165) is 11.1 Å². The summed E-state index contributed by atoms with van der Waals surface area (Å²) in [5.41, 5.74) is 1.98. The average Bonchev–Trinajstić information content (AvgIpc) is 2.04. The number of terminal acetylenes is 1. The fourth-order valence-corrected chi connectivity index (χ4v) is 1.04. The molecule has 1 aromatic rings. The van der Waals surface area contributed by atoms with Gasteiger partial charge in [0.2, 0.25) is 0 Å². The summed E-state index contributed by atoms with van der Waals surface area (Å²) >= 11 is 4.88. The van der Waals surface area contributed by atoms with Crippen molar-refractivity contribution in [2.75, 3.05) is 0 Å². The second-order valence-electron chi connectivity index (χ2n) is 1.95. The molecule has 0 radical (unpaired) electrons. The molecule has 0 bridgehead atoms. The molecule has 0 amide bonds. The third kappa shape index (κ3) is 1.34. The maximum absolute atomic E-state index is 5.23. The molecule has 0 N–H and O–H groups in total. The van der Waals surface area contributed by atoms with E-state index in [0.29, 0.717) is 5.75 Å². The van der Waals surface area contributed by atoms with Crippen LogP contribution in [0.15, 0.2) is 24.3 Å². The van der Waals surface area contributed by atoms with Crippen molar-refractivity contribution >= 4 is 12.6 Å². The molecule has 0 aromatic heterocycles. The van der Waals surface area contributed by atoms with E-state index in [4.69, 9.17) is 19.1 Å². The van der Waals surface area contributed by atoms with Gasteiger partial charge in [-0.3, -0.25) is 0 Å². The Labute approximate surface area is 66.7 Å². The van der Waals surface area contributed by atoms with Gasteiger partial charge in [-0.15, -0.1) is 12.2 Å². The molecule has 50 valence electrons. The summed E-state index contributed by atoms with van der Waals surface area (Å²) in [4.78, 5) is 0. The molecule has 0 heterocycles. The Morgan fingerprint density at radius 1 is 1.40 bits per heavy atom. The van der Waals surface area contributed by atoms with Gasteiger partial charge in [0.1, 0.15) is 0 Å². The van der Waals surface area contributed by atoms with E-state index in [-0.39, 0.29) is 0 Å². The normalized spacial score (nSPS) is 8.80. The largest absolute Gasteiger partial charge is 0.788 e. The zero-order valence-electron chi connectivity index (χ0n) is 5.50. The maximum atomic E-state index is 5.23. The Kier molecular flexibility index (Phi) is 2.42. The molecule has 1 aromatic carbocycles. The lowest BCUT2D eigenvalue weighted by Gasteiger charge is -2.05. The van der Waals surface area contributed by atoms with Gasteiger partial charge in [-0.25, -0.2) is 0 Å². The quantitative estimate of drug-likeness (QED) is 0.430. The second-order valence-corrected chi connectivity index (χ2v) is 2.23. The topological polar surface area (TPSA) is 0 Å². The molecular formula is C9H7S-. The van der Waals surface area contributed by atoms with Gasteiger partial charge in [0.25, 0.3) is 0 Å². The van der Waals surface area contributed by atoms with Gasteiger partial charge < -0.3 is 12.6 Å². The molecule has 0 aliphatic rings. The Balaban J connectivity index is 3.12. The van der Waals surface area contributed by atoms with E-state index in [1.165, 1.54) is 0 Å². The summed E-state index contributed by atoms with van der Waals surface area (Å²) in [6.45, 7) is 0. The standard InChI is InChI=1S/C9H8S/c1-2-8-5-3-4-6-9(8)7-10/h1,3-6,10H,7H2/p-1.